The molecule has 0 aromatic carbocycles. The first kappa shape index (κ1) is 58.0. The molecular formula is C51H94O11. The Bertz CT molecular complexity index is 1080. The number of aliphatic carboxylic acids is 1. The zero-order valence-corrected chi connectivity index (χ0v) is 39.6. The fourth-order valence-corrected chi connectivity index (χ4v) is 8.05. The summed E-state index contributed by atoms with van der Waals surface area (Å²) in [5.41, 5.74) is 0. The average molecular weight is 883 g/mol. The quantitative estimate of drug-likeness (QED) is 0.0261. The normalized spacial score (nSPS) is 19.5. The highest BCUT2D eigenvalue weighted by molar-refractivity contribution is 5.73. The molecule has 1 aliphatic rings. The molecule has 11 heteroatoms. The second kappa shape index (κ2) is 41.6. The van der Waals surface area contributed by atoms with E-state index < -0.39 is 54.7 Å². The Morgan fingerprint density at radius 3 is 1.26 bits per heavy atom. The highest BCUT2D eigenvalue weighted by atomic mass is 16.7. The van der Waals surface area contributed by atoms with Gasteiger partial charge in [-0.25, -0.2) is 4.79 Å². The Hall–Kier alpha value is -2.05. The summed E-state index contributed by atoms with van der Waals surface area (Å²) < 4.78 is 21.8. The molecule has 1 rings (SSSR count). The van der Waals surface area contributed by atoms with Crippen molar-refractivity contribution in [1.29, 1.82) is 0 Å². The van der Waals surface area contributed by atoms with E-state index in [1.54, 1.807) is 0 Å². The van der Waals surface area contributed by atoms with E-state index in [2.05, 4.69) is 26.0 Å². The van der Waals surface area contributed by atoms with Crippen LogP contribution >= 0.6 is 0 Å². The summed E-state index contributed by atoms with van der Waals surface area (Å²) >= 11 is 0. The molecule has 4 N–H and O–H groups in total. The molecule has 1 aliphatic heterocycles. The van der Waals surface area contributed by atoms with E-state index in [9.17, 15) is 34.8 Å². The summed E-state index contributed by atoms with van der Waals surface area (Å²) in [5.74, 6) is -2.44. The largest absolute Gasteiger partial charge is 0.479 e. The van der Waals surface area contributed by atoms with Crippen molar-refractivity contribution in [3.8, 4) is 0 Å². The van der Waals surface area contributed by atoms with Gasteiger partial charge in [-0.1, -0.05) is 206 Å². The molecule has 11 nitrogen and oxygen atoms in total. The first-order valence-corrected chi connectivity index (χ1v) is 25.7. The predicted octanol–water partition coefficient (Wildman–Crippen LogP) is 12.0. The summed E-state index contributed by atoms with van der Waals surface area (Å²) in [6.45, 7) is 3.84. The number of rotatable bonds is 44. The Morgan fingerprint density at radius 2 is 0.855 bits per heavy atom. The van der Waals surface area contributed by atoms with Crippen LogP contribution < -0.4 is 0 Å². The van der Waals surface area contributed by atoms with Crippen LogP contribution in [-0.4, -0.2) is 88.4 Å². The fraction of sp³-hybridized carbons (Fsp3) is 0.902. The molecule has 0 aromatic rings. The van der Waals surface area contributed by atoms with Gasteiger partial charge in [-0.05, 0) is 38.5 Å². The zero-order valence-electron chi connectivity index (χ0n) is 39.6. The van der Waals surface area contributed by atoms with Crippen LogP contribution in [-0.2, 0) is 33.3 Å². The number of ether oxygens (including phenoxy) is 4. The van der Waals surface area contributed by atoms with Gasteiger partial charge in [-0.2, -0.15) is 0 Å². The van der Waals surface area contributed by atoms with Gasteiger partial charge in [0.2, 0.25) is 0 Å². The Kier molecular flexibility index (Phi) is 38.9. The second-order valence-electron chi connectivity index (χ2n) is 18.0. The first-order chi connectivity index (χ1) is 30.2. The number of aliphatic hydroxyl groups excluding tert-OH is 3. The lowest BCUT2D eigenvalue weighted by Crippen LogP contribution is -2.60. The molecule has 0 aliphatic carbocycles. The van der Waals surface area contributed by atoms with Gasteiger partial charge >= 0.3 is 17.9 Å². The van der Waals surface area contributed by atoms with E-state index in [4.69, 9.17) is 18.9 Å². The van der Waals surface area contributed by atoms with Crippen molar-refractivity contribution in [2.45, 2.75) is 282 Å². The highest BCUT2D eigenvalue weighted by Gasteiger charge is 2.47. The number of aliphatic hydroxyl groups is 3. The lowest BCUT2D eigenvalue weighted by Gasteiger charge is -2.38. The van der Waals surface area contributed by atoms with E-state index in [0.29, 0.717) is 12.8 Å². The lowest BCUT2D eigenvalue weighted by atomic mass is 9.99. The predicted molar refractivity (Wildman–Crippen MR) is 248 cm³/mol. The molecule has 364 valence electrons. The molecule has 1 heterocycles. The number of hydrogen-bond acceptors (Lipinski definition) is 10. The van der Waals surface area contributed by atoms with Gasteiger partial charge in [0, 0.05) is 12.8 Å². The third-order valence-electron chi connectivity index (χ3n) is 12.1. The number of allylic oxidation sites excluding steroid dienone is 2. The summed E-state index contributed by atoms with van der Waals surface area (Å²) in [7, 11) is 0. The number of unbranched alkanes of at least 4 members (excludes halogenated alkanes) is 31. The third-order valence-corrected chi connectivity index (χ3v) is 12.1. The van der Waals surface area contributed by atoms with Gasteiger partial charge in [0.25, 0.3) is 0 Å². The van der Waals surface area contributed by atoms with Gasteiger partial charge in [-0.15, -0.1) is 0 Å². The van der Waals surface area contributed by atoms with E-state index >= 15 is 0 Å². The number of carbonyl (C=O) groups is 3. The standard InChI is InChI=1S/C51H94O11/c1-3-5-7-9-11-13-15-17-19-20-21-22-23-24-26-28-30-32-34-36-38-40-45(53)61-43(42-60-51-48(56)46(54)47(55)49(62-51)50(57)58)41-59-44(52)39-37-35-33-31-29-27-25-18-16-14-12-10-8-6-4-2/h18,25,43,46-49,51,54-56H,3-17,19-24,26-42H2,1-2H3,(H,57,58)/b25-18-. The maximum absolute atomic E-state index is 12.8. The molecule has 6 atom stereocenters. The van der Waals surface area contributed by atoms with Gasteiger partial charge in [0.15, 0.2) is 18.5 Å². The number of carboxylic acids is 1. The van der Waals surface area contributed by atoms with Crippen molar-refractivity contribution < 1.29 is 53.8 Å². The lowest BCUT2D eigenvalue weighted by molar-refractivity contribution is -0.298. The van der Waals surface area contributed by atoms with E-state index in [1.807, 2.05) is 0 Å². The molecule has 1 saturated heterocycles. The molecule has 0 amide bonds. The van der Waals surface area contributed by atoms with Gasteiger partial charge in [-0.3, -0.25) is 9.59 Å². The first-order valence-electron chi connectivity index (χ1n) is 25.7. The molecular weight excluding hydrogens is 789 g/mol. The van der Waals surface area contributed by atoms with E-state index in [0.717, 1.165) is 57.8 Å². The fourth-order valence-electron chi connectivity index (χ4n) is 8.05. The molecule has 1 fully saturated rings. The summed E-state index contributed by atoms with van der Waals surface area (Å²) in [5, 5.41) is 39.9. The van der Waals surface area contributed by atoms with Gasteiger partial charge in [0.1, 0.15) is 24.9 Å². The molecule has 0 radical (unpaired) electrons. The molecule has 0 bridgehead atoms. The van der Waals surface area contributed by atoms with Crippen LogP contribution in [0.25, 0.3) is 0 Å². The van der Waals surface area contributed by atoms with Crippen LogP contribution in [0.5, 0.6) is 0 Å². The molecule has 62 heavy (non-hydrogen) atoms. The maximum Gasteiger partial charge on any atom is 0.335 e. The van der Waals surface area contributed by atoms with Gasteiger partial charge < -0.3 is 39.4 Å². The van der Waals surface area contributed by atoms with E-state index in [1.165, 1.54) is 148 Å². The molecule has 6 unspecified atom stereocenters. The summed E-state index contributed by atoms with van der Waals surface area (Å²) in [4.78, 5) is 36.9. The summed E-state index contributed by atoms with van der Waals surface area (Å²) in [6, 6.07) is 0. The number of carbonyl (C=O) groups excluding carboxylic acids is 2. The van der Waals surface area contributed by atoms with Crippen molar-refractivity contribution in [1.82, 2.24) is 0 Å². The van der Waals surface area contributed by atoms with Crippen molar-refractivity contribution >= 4 is 17.9 Å². The van der Waals surface area contributed by atoms with Crippen LogP contribution in [0.1, 0.15) is 245 Å². The van der Waals surface area contributed by atoms with Crippen molar-refractivity contribution in [2.24, 2.45) is 0 Å². The monoisotopic (exact) mass is 883 g/mol. The van der Waals surface area contributed by atoms with Crippen LogP contribution in [0.2, 0.25) is 0 Å². The Labute approximate surface area is 377 Å². The van der Waals surface area contributed by atoms with Gasteiger partial charge in [0.05, 0.1) is 6.61 Å². The minimum absolute atomic E-state index is 0.187. The van der Waals surface area contributed by atoms with Crippen LogP contribution in [0, 0.1) is 0 Å². The minimum atomic E-state index is -1.86. The topological polar surface area (TPSA) is 169 Å². The smallest absolute Gasteiger partial charge is 0.335 e. The zero-order chi connectivity index (χ0) is 45.3. The second-order valence-corrected chi connectivity index (χ2v) is 18.0. The molecule has 0 spiro atoms. The van der Waals surface area contributed by atoms with Crippen LogP contribution in [0.15, 0.2) is 12.2 Å². The average Bonchev–Trinajstić information content (AvgIpc) is 3.26. The number of carboxylic acid groups (broad SMARTS) is 1. The maximum atomic E-state index is 12.8. The Morgan fingerprint density at radius 1 is 0.484 bits per heavy atom. The Balaban J connectivity index is 2.28. The van der Waals surface area contributed by atoms with Crippen LogP contribution in [0.3, 0.4) is 0 Å². The van der Waals surface area contributed by atoms with Crippen molar-refractivity contribution in [3.63, 3.8) is 0 Å². The SMILES string of the molecule is CCCCCCCC/C=C\CCCCCCCC(=O)OCC(COC1OC(C(=O)O)C(O)C(O)C1O)OC(=O)CCCCCCCCCCCCCCCCCCCCCCC. The molecule has 0 aromatic heterocycles. The van der Waals surface area contributed by atoms with Crippen molar-refractivity contribution in [3.05, 3.63) is 12.2 Å². The van der Waals surface area contributed by atoms with Crippen molar-refractivity contribution in [2.75, 3.05) is 13.2 Å². The minimum Gasteiger partial charge on any atom is -0.479 e. The number of esters is 2. The highest BCUT2D eigenvalue weighted by Crippen LogP contribution is 2.23. The van der Waals surface area contributed by atoms with E-state index in [-0.39, 0.29) is 26.1 Å². The number of hydrogen-bond donors (Lipinski definition) is 4. The third kappa shape index (κ3) is 32.6. The van der Waals surface area contributed by atoms with Crippen LogP contribution in [0.4, 0.5) is 0 Å². The molecule has 0 saturated carbocycles. The summed E-state index contributed by atoms with van der Waals surface area (Å²) in [6.07, 6.45) is 36.9.